The minimum absolute atomic E-state index is 0.448. The number of hydrogen-bond donors (Lipinski definition) is 2. The number of likely N-dealkylation sites (tertiary alicyclic amines) is 1. The van der Waals surface area contributed by atoms with Gasteiger partial charge in [0.15, 0.2) is 11.6 Å². The van der Waals surface area contributed by atoms with Gasteiger partial charge in [-0.05, 0) is 44.4 Å². The van der Waals surface area contributed by atoms with Crippen molar-refractivity contribution in [1.82, 2.24) is 14.9 Å². The van der Waals surface area contributed by atoms with Crippen LogP contribution in [0.5, 0.6) is 0 Å². The number of nitrogens with two attached hydrogens (primary N) is 1. The summed E-state index contributed by atoms with van der Waals surface area (Å²) in [5, 5.41) is 5.73. The maximum atomic E-state index is 6.47. The predicted octanol–water partition coefficient (Wildman–Crippen LogP) is 3.49. The maximum absolute atomic E-state index is 6.47. The Kier molecular flexibility index (Phi) is 4.81. The molecular formula is C21H26N6. The molecule has 2 heterocycles. The highest BCUT2D eigenvalue weighted by Gasteiger charge is 2.24. The first-order valence-electron chi connectivity index (χ1n) is 9.40. The van der Waals surface area contributed by atoms with Gasteiger partial charge in [0.25, 0.3) is 0 Å². The Morgan fingerprint density at radius 3 is 2.63 bits per heavy atom. The van der Waals surface area contributed by atoms with Gasteiger partial charge in [-0.2, -0.15) is 0 Å². The van der Waals surface area contributed by atoms with E-state index in [2.05, 4.69) is 57.4 Å². The first-order valence-corrected chi connectivity index (χ1v) is 9.40. The second-order valence-electron chi connectivity index (χ2n) is 7.26. The summed E-state index contributed by atoms with van der Waals surface area (Å²) < 4.78 is 0. The molecule has 0 atom stereocenters. The van der Waals surface area contributed by atoms with Gasteiger partial charge in [-0.15, -0.1) is 0 Å². The molecule has 0 unspecified atom stereocenters. The van der Waals surface area contributed by atoms with E-state index >= 15 is 0 Å². The van der Waals surface area contributed by atoms with Gasteiger partial charge in [-0.3, -0.25) is 0 Å². The van der Waals surface area contributed by atoms with E-state index in [-0.39, 0.29) is 0 Å². The van der Waals surface area contributed by atoms with Crippen molar-refractivity contribution in [3.05, 3.63) is 48.8 Å². The highest BCUT2D eigenvalue weighted by Crippen LogP contribution is 2.32. The minimum atomic E-state index is 0.448. The quantitative estimate of drug-likeness (QED) is 0.740. The molecule has 6 nitrogen and oxygen atoms in total. The zero-order valence-electron chi connectivity index (χ0n) is 15.9. The van der Waals surface area contributed by atoms with Gasteiger partial charge < -0.3 is 20.9 Å². The van der Waals surface area contributed by atoms with Crippen molar-refractivity contribution in [2.24, 2.45) is 0 Å². The molecule has 6 heteroatoms. The van der Waals surface area contributed by atoms with Crippen LogP contribution in [0.2, 0.25) is 0 Å². The number of benzene rings is 2. The van der Waals surface area contributed by atoms with Crippen molar-refractivity contribution in [3.63, 3.8) is 0 Å². The van der Waals surface area contributed by atoms with Crippen LogP contribution in [0.15, 0.2) is 48.8 Å². The third-order valence-electron chi connectivity index (χ3n) is 5.48. The van der Waals surface area contributed by atoms with Gasteiger partial charge in [0.1, 0.15) is 12.0 Å². The second kappa shape index (κ2) is 7.40. The van der Waals surface area contributed by atoms with Crippen LogP contribution in [0.4, 0.5) is 23.0 Å². The minimum Gasteiger partial charge on any atom is -0.393 e. The van der Waals surface area contributed by atoms with Crippen LogP contribution in [0, 0.1) is 0 Å². The van der Waals surface area contributed by atoms with E-state index < -0.39 is 0 Å². The Morgan fingerprint density at radius 1 is 1.07 bits per heavy atom. The molecule has 0 radical (unpaired) electrons. The van der Waals surface area contributed by atoms with Crippen molar-refractivity contribution < 1.29 is 0 Å². The van der Waals surface area contributed by atoms with Crippen molar-refractivity contribution >= 4 is 33.8 Å². The highest BCUT2D eigenvalue weighted by molar-refractivity contribution is 5.96. The largest absolute Gasteiger partial charge is 0.393 e. The molecule has 3 N–H and O–H groups in total. The summed E-state index contributed by atoms with van der Waals surface area (Å²) >= 11 is 0. The topological polar surface area (TPSA) is 70.3 Å². The molecule has 0 spiro atoms. The fraction of sp³-hybridized carbons (Fsp3) is 0.333. The summed E-state index contributed by atoms with van der Waals surface area (Å²) in [6.07, 6.45) is 3.82. The highest BCUT2D eigenvalue weighted by atomic mass is 15.2. The van der Waals surface area contributed by atoms with Crippen LogP contribution in [0.1, 0.15) is 12.8 Å². The van der Waals surface area contributed by atoms with E-state index in [4.69, 9.17) is 5.73 Å². The Hall–Kier alpha value is -2.86. The summed E-state index contributed by atoms with van der Waals surface area (Å²) in [7, 11) is 4.25. The van der Waals surface area contributed by atoms with Crippen LogP contribution >= 0.6 is 0 Å². The lowest BCUT2D eigenvalue weighted by Crippen LogP contribution is -2.42. The van der Waals surface area contributed by atoms with E-state index in [1.807, 2.05) is 24.3 Å². The lowest BCUT2D eigenvalue weighted by atomic mass is 10.0. The van der Waals surface area contributed by atoms with Crippen LogP contribution in [-0.4, -0.2) is 48.1 Å². The molecule has 2 aromatic carbocycles. The average molecular weight is 362 g/mol. The fourth-order valence-electron chi connectivity index (χ4n) is 3.78. The zero-order valence-corrected chi connectivity index (χ0v) is 15.9. The molecule has 4 rings (SSSR count). The molecule has 140 valence electrons. The van der Waals surface area contributed by atoms with Crippen LogP contribution in [0.3, 0.4) is 0 Å². The summed E-state index contributed by atoms with van der Waals surface area (Å²) in [6, 6.07) is 14.9. The van der Waals surface area contributed by atoms with Gasteiger partial charge in [-0.1, -0.05) is 36.4 Å². The lowest BCUT2D eigenvalue weighted by molar-refractivity contribution is 0.252. The van der Waals surface area contributed by atoms with Gasteiger partial charge in [0.2, 0.25) is 0 Å². The molecule has 1 aliphatic rings. The molecule has 0 saturated carbocycles. The Bertz CT molecular complexity index is 928. The maximum Gasteiger partial charge on any atom is 0.159 e. The van der Waals surface area contributed by atoms with Crippen LogP contribution in [0.25, 0.3) is 10.8 Å². The monoisotopic (exact) mass is 362 g/mol. The number of nitrogens with zero attached hydrogens (tertiary/aromatic N) is 4. The predicted molar refractivity (Wildman–Crippen MR) is 113 cm³/mol. The number of fused-ring (bicyclic) bond motifs is 1. The van der Waals surface area contributed by atoms with Crippen molar-refractivity contribution in [1.29, 1.82) is 0 Å². The Morgan fingerprint density at radius 2 is 1.81 bits per heavy atom. The second-order valence-corrected chi connectivity index (χ2v) is 7.26. The van der Waals surface area contributed by atoms with Gasteiger partial charge in [0, 0.05) is 24.2 Å². The molecule has 27 heavy (non-hydrogen) atoms. The summed E-state index contributed by atoms with van der Waals surface area (Å²) in [5.74, 6) is 1.44. The average Bonchev–Trinajstić information content (AvgIpc) is 2.70. The van der Waals surface area contributed by atoms with Gasteiger partial charge in [0.05, 0.1) is 0 Å². The molecule has 0 amide bonds. The normalized spacial score (nSPS) is 15.8. The third-order valence-corrected chi connectivity index (χ3v) is 5.48. The van der Waals surface area contributed by atoms with E-state index in [0.717, 1.165) is 42.8 Å². The smallest absolute Gasteiger partial charge is 0.159 e. The summed E-state index contributed by atoms with van der Waals surface area (Å²) in [5.41, 5.74) is 8.05. The molecule has 1 aromatic heterocycles. The summed E-state index contributed by atoms with van der Waals surface area (Å²) in [4.78, 5) is 13.4. The molecule has 0 aliphatic carbocycles. The van der Waals surface area contributed by atoms with Crippen molar-refractivity contribution in [3.8, 4) is 0 Å². The van der Waals surface area contributed by atoms with E-state index in [1.54, 1.807) is 6.33 Å². The SMILES string of the molecule is CN1CCC(N(C)c2ncnc(Nc3cccc4ccccc34)c2N)CC1. The third kappa shape index (κ3) is 3.53. The van der Waals surface area contributed by atoms with E-state index in [1.165, 1.54) is 5.39 Å². The Labute approximate surface area is 160 Å². The Balaban J connectivity index is 1.62. The summed E-state index contributed by atoms with van der Waals surface area (Å²) in [6.45, 7) is 2.20. The standard InChI is InChI=1S/C21H26N6/c1-26-12-10-16(11-13-26)27(2)21-19(22)20(23-14-24-21)25-18-9-5-7-15-6-3-4-8-17(15)18/h3-9,14,16H,10-13,22H2,1-2H3,(H,23,24,25). The molecule has 3 aromatic rings. The molecular weight excluding hydrogens is 336 g/mol. The first kappa shape index (κ1) is 17.5. The van der Waals surface area contributed by atoms with E-state index in [9.17, 15) is 0 Å². The van der Waals surface area contributed by atoms with Crippen LogP contribution < -0.4 is 16.0 Å². The van der Waals surface area contributed by atoms with Crippen molar-refractivity contribution in [2.75, 3.05) is 43.1 Å². The lowest BCUT2D eigenvalue weighted by Gasteiger charge is -2.36. The van der Waals surface area contributed by atoms with Crippen molar-refractivity contribution in [2.45, 2.75) is 18.9 Å². The number of nitrogens with one attached hydrogen (secondary N) is 1. The number of rotatable bonds is 4. The van der Waals surface area contributed by atoms with Crippen LogP contribution in [-0.2, 0) is 0 Å². The number of aromatic nitrogens is 2. The number of nitrogen functional groups attached to an aromatic ring is 1. The molecule has 1 saturated heterocycles. The molecule has 1 aliphatic heterocycles. The van der Waals surface area contributed by atoms with E-state index in [0.29, 0.717) is 17.5 Å². The fourth-order valence-corrected chi connectivity index (χ4v) is 3.78. The van der Waals surface area contributed by atoms with Gasteiger partial charge >= 0.3 is 0 Å². The molecule has 1 fully saturated rings. The number of piperidine rings is 1. The number of hydrogen-bond acceptors (Lipinski definition) is 6. The number of anilines is 4. The molecule has 0 bridgehead atoms. The zero-order chi connectivity index (χ0) is 18.8. The first-order chi connectivity index (χ1) is 13.1. The van der Waals surface area contributed by atoms with Gasteiger partial charge in [-0.25, -0.2) is 9.97 Å².